The third-order valence-electron chi connectivity index (χ3n) is 3.74. The van der Waals surface area contributed by atoms with Gasteiger partial charge in [0.05, 0.1) is 17.3 Å². The number of hydrogen-bond acceptors (Lipinski definition) is 3. The number of carbonyl (C=O) groups is 1. The summed E-state index contributed by atoms with van der Waals surface area (Å²) >= 11 is 0. The molecule has 0 radical (unpaired) electrons. The molecule has 0 fully saturated rings. The van der Waals surface area contributed by atoms with Crippen LogP contribution in [0.2, 0.25) is 0 Å². The third-order valence-corrected chi connectivity index (χ3v) is 3.74. The zero-order valence-electron chi connectivity index (χ0n) is 11.3. The van der Waals surface area contributed by atoms with Crippen LogP contribution in [0.25, 0.3) is 5.52 Å². The predicted molar refractivity (Wildman–Crippen MR) is 81.8 cm³/mol. The van der Waals surface area contributed by atoms with Crippen molar-refractivity contribution in [2.45, 2.75) is 6.42 Å². The fraction of sp³-hybridized carbons (Fsp3) is 0.125. The monoisotopic (exact) mass is 278 g/mol. The summed E-state index contributed by atoms with van der Waals surface area (Å²) in [6.45, 7) is 0.959. The molecule has 1 aliphatic rings. The van der Waals surface area contributed by atoms with E-state index in [0.717, 1.165) is 29.9 Å². The summed E-state index contributed by atoms with van der Waals surface area (Å²) in [5, 5.41) is 10.4. The van der Waals surface area contributed by atoms with Gasteiger partial charge in [0.2, 0.25) is 0 Å². The molecule has 21 heavy (non-hydrogen) atoms. The van der Waals surface area contributed by atoms with Crippen molar-refractivity contribution in [3.8, 4) is 0 Å². The molecule has 0 bridgehead atoms. The number of anilines is 2. The molecule has 104 valence electrons. The van der Waals surface area contributed by atoms with Crippen molar-refractivity contribution >= 4 is 22.8 Å². The average molecular weight is 278 g/mol. The summed E-state index contributed by atoms with van der Waals surface area (Å²) in [7, 11) is 0. The van der Waals surface area contributed by atoms with E-state index in [1.54, 1.807) is 10.7 Å². The molecule has 1 aliphatic heterocycles. The van der Waals surface area contributed by atoms with Crippen LogP contribution in [-0.2, 0) is 6.42 Å². The van der Waals surface area contributed by atoms with Crippen molar-refractivity contribution in [3.63, 3.8) is 0 Å². The Balaban J connectivity index is 1.63. The van der Waals surface area contributed by atoms with E-state index in [1.807, 2.05) is 42.6 Å². The second-order valence-corrected chi connectivity index (χ2v) is 5.09. The summed E-state index contributed by atoms with van der Waals surface area (Å²) < 4.78 is 1.70. The molecule has 4 rings (SSSR count). The van der Waals surface area contributed by atoms with Gasteiger partial charge in [0.15, 0.2) is 0 Å². The lowest BCUT2D eigenvalue weighted by Gasteiger charge is -2.06. The number of amides is 1. The van der Waals surface area contributed by atoms with Crippen molar-refractivity contribution in [1.82, 2.24) is 9.61 Å². The SMILES string of the molecule is O=C(Nc1ccc2c(c1)CCN2)c1cnn2ccccc12. The van der Waals surface area contributed by atoms with Crippen molar-refractivity contribution in [1.29, 1.82) is 0 Å². The molecule has 5 heteroatoms. The fourth-order valence-electron chi connectivity index (χ4n) is 2.69. The molecule has 0 unspecified atom stereocenters. The van der Waals surface area contributed by atoms with Gasteiger partial charge in [-0.05, 0) is 42.3 Å². The molecule has 3 aromatic rings. The summed E-state index contributed by atoms with van der Waals surface area (Å²) in [5.41, 5.74) is 4.60. The highest BCUT2D eigenvalue weighted by Gasteiger charge is 2.14. The zero-order chi connectivity index (χ0) is 14.2. The second kappa shape index (κ2) is 4.63. The Hall–Kier alpha value is -2.82. The topological polar surface area (TPSA) is 58.4 Å². The summed E-state index contributed by atoms with van der Waals surface area (Å²) in [4.78, 5) is 12.4. The van der Waals surface area contributed by atoms with Crippen molar-refractivity contribution in [3.05, 3.63) is 59.9 Å². The van der Waals surface area contributed by atoms with E-state index in [4.69, 9.17) is 0 Å². The number of carbonyl (C=O) groups excluding carboxylic acids is 1. The highest BCUT2D eigenvalue weighted by Crippen LogP contribution is 2.25. The smallest absolute Gasteiger partial charge is 0.259 e. The number of rotatable bonds is 2. The van der Waals surface area contributed by atoms with Crippen LogP contribution >= 0.6 is 0 Å². The summed E-state index contributed by atoms with van der Waals surface area (Å²) in [6.07, 6.45) is 4.42. The van der Waals surface area contributed by atoms with Crippen LogP contribution in [0.1, 0.15) is 15.9 Å². The van der Waals surface area contributed by atoms with E-state index in [-0.39, 0.29) is 5.91 Å². The normalized spacial score (nSPS) is 13.0. The van der Waals surface area contributed by atoms with E-state index in [2.05, 4.69) is 15.7 Å². The maximum Gasteiger partial charge on any atom is 0.259 e. The first kappa shape index (κ1) is 12.0. The first-order valence-electron chi connectivity index (χ1n) is 6.92. The molecule has 0 saturated heterocycles. The Bertz CT molecular complexity index is 837. The fourth-order valence-corrected chi connectivity index (χ4v) is 2.69. The maximum absolute atomic E-state index is 12.4. The molecule has 2 N–H and O–H groups in total. The molecule has 5 nitrogen and oxygen atoms in total. The lowest BCUT2D eigenvalue weighted by atomic mass is 10.1. The number of nitrogens with one attached hydrogen (secondary N) is 2. The zero-order valence-corrected chi connectivity index (χ0v) is 11.3. The number of nitrogens with zero attached hydrogens (tertiary/aromatic N) is 2. The Labute approximate surface area is 121 Å². The molecule has 0 atom stereocenters. The molecule has 2 aromatic heterocycles. The molecular weight excluding hydrogens is 264 g/mol. The Morgan fingerprint density at radius 3 is 3.19 bits per heavy atom. The molecule has 3 heterocycles. The molecule has 1 aromatic carbocycles. The standard InChI is InChI=1S/C16H14N4O/c21-16(13-10-18-20-8-2-1-3-15(13)20)19-12-4-5-14-11(9-12)6-7-17-14/h1-5,8-10,17H,6-7H2,(H,19,21). The lowest BCUT2D eigenvalue weighted by molar-refractivity contribution is 0.102. The minimum absolute atomic E-state index is 0.137. The van der Waals surface area contributed by atoms with E-state index in [9.17, 15) is 4.79 Å². The van der Waals surface area contributed by atoms with Gasteiger partial charge in [-0.15, -0.1) is 0 Å². The van der Waals surface area contributed by atoms with Crippen molar-refractivity contribution in [2.75, 3.05) is 17.2 Å². The van der Waals surface area contributed by atoms with Gasteiger partial charge in [-0.1, -0.05) is 6.07 Å². The first-order valence-corrected chi connectivity index (χ1v) is 6.92. The van der Waals surface area contributed by atoms with Crippen LogP contribution < -0.4 is 10.6 Å². The predicted octanol–water partition coefficient (Wildman–Crippen LogP) is 2.55. The van der Waals surface area contributed by atoms with Gasteiger partial charge in [-0.2, -0.15) is 5.10 Å². The van der Waals surface area contributed by atoms with Gasteiger partial charge in [0, 0.05) is 24.1 Å². The number of pyridine rings is 1. The Morgan fingerprint density at radius 1 is 1.29 bits per heavy atom. The van der Waals surface area contributed by atoms with E-state index in [0.29, 0.717) is 5.56 Å². The lowest BCUT2D eigenvalue weighted by Crippen LogP contribution is -2.11. The van der Waals surface area contributed by atoms with Crippen LogP contribution in [0.4, 0.5) is 11.4 Å². The Kier molecular flexibility index (Phi) is 2.64. The maximum atomic E-state index is 12.4. The van der Waals surface area contributed by atoms with Crippen LogP contribution in [-0.4, -0.2) is 22.1 Å². The summed E-state index contributed by atoms with van der Waals surface area (Å²) in [5.74, 6) is -0.137. The molecule has 0 spiro atoms. The summed E-state index contributed by atoms with van der Waals surface area (Å²) in [6, 6.07) is 11.6. The van der Waals surface area contributed by atoms with Crippen molar-refractivity contribution in [2.24, 2.45) is 0 Å². The van der Waals surface area contributed by atoms with Crippen LogP contribution in [0, 0.1) is 0 Å². The molecule has 0 saturated carbocycles. The number of fused-ring (bicyclic) bond motifs is 2. The molecule has 1 amide bonds. The van der Waals surface area contributed by atoms with Gasteiger partial charge < -0.3 is 10.6 Å². The minimum Gasteiger partial charge on any atom is -0.384 e. The highest BCUT2D eigenvalue weighted by atomic mass is 16.1. The number of hydrogen-bond donors (Lipinski definition) is 2. The van der Waals surface area contributed by atoms with Gasteiger partial charge in [-0.3, -0.25) is 4.79 Å². The van der Waals surface area contributed by atoms with Gasteiger partial charge in [-0.25, -0.2) is 4.52 Å². The minimum atomic E-state index is -0.137. The van der Waals surface area contributed by atoms with Gasteiger partial charge in [0.25, 0.3) is 5.91 Å². The average Bonchev–Trinajstić information content (AvgIpc) is 3.13. The Morgan fingerprint density at radius 2 is 2.24 bits per heavy atom. The highest BCUT2D eigenvalue weighted by molar-refractivity contribution is 6.08. The van der Waals surface area contributed by atoms with Crippen LogP contribution in [0.3, 0.4) is 0 Å². The first-order chi connectivity index (χ1) is 10.3. The van der Waals surface area contributed by atoms with Crippen molar-refractivity contribution < 1.29 is 4.79 Å². The largest absolute Gasteiger partial charge is 0.384 e. The molecular formula is C16H14N4O. The van der Waals surface area contributed by atoms with Crippen LogP contribution in [0.5, 0.6) is 0 Å². The van der Waals surface area contributed by atoms with Gasteiger partial charge >= 0.3 is 0 Å². The van der Waals surface area contributed by atoms with E-state index < -0.39 is 0 Å². The number of aromatic nitrogens is 2. The molecule has 0 aliphatic carbocycles. The van der Waals surface area contributed by atoms with E-state index >= 15 is 0 Å². The van der Waals surface area contributed by atoms with Gasteiger partial charge in [0.1, 0.15) is 0 Å². The second-order valence-electron chi connectivity index (χ2n) is 5.09. The number of benzene rings is 1. The quantitative estimate of drug-likeness (QED) is 0.757. The third kappa shape index (κ3) is 2.03. The van der Waals surface area contributed by atoms with Crippen LogP contribution in [0.15, 0.2) is 48.8 Å². The van der Waals surface area contributed by atoms with E-state index in [1.165, 1.54) is 5.56 Å².